The Morgan fingerprint density at radius 3 is 2.21 bits per heavy atom. The zero-order chi connectivity index (χ0) is 20.1. The van der Waals surface area contributed by atoms with Crippen molar-refractivity contribution in [3.63, 3.8) is 0 Å². The lowest BCUT2D eigenvalue weighted by molar-refractivity contribution is -0.143. The number of hydrogen-bond donors (Lipinski definition) is 2. The van der Waals surface area contributed by atoms with Gasteiger partial charge in [0.1, 0.15) is 0 Å². The number of fused-ring (bicyclic) bond motifs is 3. The van der Waals surface area contributed by atoms with Crippen molar-refractivity contribution in [3.05, 3.63) is 59.2 Å². The third kappa shape index (κ3) is 3.56. The molecule has 0 saturated heterocycles. The fourth-order valence-electron chi connectivity index (χ4n) is 2.91. The van der Waals surface area contributed by atoms with E-state index >= 15 is 0 Å². The highest BCUT2D eigenvalue weighted by atomic mass is 32.2. The predicted octanol–water partition coefficient (Wildman–Crippen LogP) is 6.28. The van der Waals surface area contributed by atoms with Crippen molar-refractivity contribution < 1.29 is 26.3 Å². The summed E-state index contributed by atoms with van der Waals surface area (Å²) in [5, 5.41) is 4.53. The van der Waals surface area contributed by atoms with Crippen molar-refractivity contribution in [2.24, 2.45) is 4.99 Å². The lowest BCUT2D eigenvalue weighted by atomic mass is 10.1. The van der Waals surface area contributed by atoms with Crippen LogP contribution < -0.4 is 5.32 Å². The first-order chi connectivity index (χ1) is 13.1. The molecule has 0 spiro atoms. The Balaban J connectivity index is 1.65. The van der Waals surface area contributed by atoms with E-state index < -0.39 is 23.5 Å². The van der Waals surface area contributed by atoms with Gasteiger partial charge in [0.05, 0.1) is 22.7 Å². The molecule has 0 atom stereocenters. The number of alkyl halides is 6. The van der Waals surface area contributed by atoms with Gasteiger partial charge in [-0.2, -0.15) is 26.3 Å². The molecule has 10 heteroatoms. The highest BCUT2D eigenvalue weighted by molar-refractivity contribution is 8.14. The zero-order valence-electron chi connectivity index (χ0n) is 13.9. The van der Waals surface area contributed by atoms with Crippen LogP contribution >= 0.6 is 11.8 Å². The first-order valence-corrected chi connectivity index (χ1v) is 8.81. The molecule has 0 fully saturated rings. The Morgan fingerprint density at radius 2 is 1.57 bits per heavy atom. The van der Waals surface area contributed by atoms with Crippen LogP contribution in [0.3, 0.4) is 0 Å². The number of halogens is 6. The molecule has 3 aromatic rings. The molecule has 0 saturated carbocycles. The van der Waals surface area contributed by atoms with E-state index in [0.29, 0.717) is 12.1 Å². The van der Waals surface area contributed by atoms with Gasteiger partial charge >= 0.3 is 12.4 Å². The number of H-pyrrole nitrogens is 1. The molecule has 3 nitrogen and oxygen atoms in total. The summed E-state index contributed by atoms with van der Waals surface area (Å²) < 4.78 is 78.0. The maximum absolute atomic E-state index is 13.0. The van der Waals surface area contributed by atoms with Crippen LogP contribution in [-0.4, -0.2) is 10.2 Å². The van der Waals surface area contributed by atoms with Gasteiger partial charge in [0.2, 0.25) is 0 Å². The van der Waals surface area contributed by atoms with E-state index in [9.17, 15) is 26.3 Å². The number of amidine groups is 1. The molecule has 1 aliphatic heterocycles. The number of aromatic amines is 1. The van der Waals surface area contributed by atoms with Crippen molar-refractivity contribution in [1.29, 1.82) is 0 Å². The van der Waals surface area contributed by atoms with Gasteiger partial charge < -0.3 is 10.3 Å². The van der Waals surface area contributed by atoms with Crippen LogP contribution in [0.25, 0.3) is 10.9 Å². The summed E-state index contributed by atoms with van der Waals surface area (Å²) in [5.41, 5.74) is -1.26. The molecular formula is C18H11F6N3S. The summed E-state index contributed by atoms with van der Waals surface area (Å²) in [6.45, 7) is 0.264. The third-order valence-electron chi connectivity index (χ3n) is 4.19. The number of anilines is 1. The molecule has 0 bridgehead atoms. The Kier molecular flexibility index (Phi) is 4.33. The molecule has 1 aliphatic rings. The largest absolute Gasteiger partial charge is 0.416 e. The quantitative estimate of drug-likeness (QED) is 0.459. The fraction of sp³-hybridized carbons (Fsp3) is 0.167. The highest BCUT2D eigenvalue weighted by Gasteiger charge is 2.37. The molecule has 28 heavy (non-hydrogen) atoms. The van der Waals surface area contributed by atoms with Gasteiger partial charge in [-0.25, -0.2) is 0 Å². The predicted molar refractivity (Wildman–Crippen MR) is 95.4 cm³/mol. The zero-order valence-corrected chi connectivity index (χ0v) is 14.7. The lowest BCUT2D eigenvalue weighted by Gasteiger charge is -2.17. The molecule has 0 radical (unpaired) electrons. The Bertz CT molecular complexity index is 1050. The first kappa shape index (κ1) is 18.7. The average Bonchev–Trinajstić information content (AvgIpc) is 2.97. The van der Waals surface area contributed by atoms with Crippen molar-refractivity contribution in [2.45, 2.75) is 23.9 Å². The van der Waals surface area contributed by atoms with Crippen LogP contribution in [0, 0.1) is 0 Å². The maximum atomic E-state index is 13.0. The number of nitrogens with one attached hydrogen (secondary N) is 2. The Labute approximate surface area is 158 Å². The van der Waals surface area contributed by atoms with E-state index in [1.54, 1.807) is 0 Å². The van der Waals surface area contributed by atoms with Crippen molar-refractivity contribution in [1.82, 2.24) is 4.98 Å². The van der Waals surface area contributed by atoms with E-state index in [-0.39, 0.29) is 23.5 Å². The summed E-state index contributed by atoms with van der Waals surface area (Å²) in [5.74, 6) is 0. The first-order valence-electron chi connectivity index (χ1n) is 7.99. The van der Waals surface area contributed by atoms with Gasteiger partial charge in [-0.3, -0.25) is 4.99 Å². The molecule has 2 aromatic carbocycles. The monoisotopic (exact) mass is 415 g/mol. The average molecular weight is 415 g/mol. The second kappa shape index (κ2) is 6.47. The molecule has 1 aromatic heterocycles. The van der Waals surface area contributed by atoms with Crippen LogP contribution in [-0.2, 0) is 18.9 Å². The highest BCUT2D eigenvalue weighted by Crippen LogP contribution is 2.39. The van der Waals surface area contributed by atoms with Gasteiger partial charge in [0.25, 0.3) is 0 Å². The van der Waals surface area contributed by atoms with Crippen LogP contribution in [0.5, 0.6) is 0 Å². The number of thioether (sulfide) groups is 1. The SMILES string of the molecule is FC(F)(F)c1cc(NC2=NCc3c([nH]c4ccccc34)S2)cc(C(F)(F)F)c1. The summed E-state index contributed by atoms with van der Waals surface area (Å²) in [6.07, 6.45) is -9.80. The second-order valence-electron chi connectivity index (χ2n) is 6.12. The molecule has 4 rings (SSSR count). The van der Waals surface area contributed by atoms with Crippen LogP contribution in [0.4, 0.5) is 32.0 Å². The normalized spacial score (nSPS) is 14.7. The molecule has 146 valence electrons. The molecule has 2 heterocycles. The summed E-state index contributed by atoms with van der Waals surface area (Å²) in [4.78, 5) is 7.44. The topological polar surface area (TPSA) is 40.2 Å². The lowest BCUT2D eigenvalue weighted by Crippen LogP contribution is -2.15. The molecule has 0 unspecified atom stereocenters. The van der Waals surface area contributed by atoms with Crippen molar-refractivity contribution in [2.75, 3.05) is 5.32 Å². The Morgan fingerprint density at radius 1 is 0.929 bits per heavy atom. The number of aromatic nitrogens is 1. The standard InChI is InChI=1S/C18H11F6N3S/c19-17(20,21)9-5-10(18(22,23)24)7-11(6-9)26-16-25-8-13-12-3-1-2-4-14(12)27-15(13)28-16/h1-7,27H,8H2,(H,25,26). The van der Waals surface area contributed by atoms with E-state index in [4.69, 9.17) is 0 Å². The number of rotatable bonds is 1. The fourth-order valence-corrected chi connectivity index (χ4v) is 3.86. The van der Waals surface area contributed by atoms with Crippen LogP contribution in [0.1, 0.15) is 16.7 Å². The number of benzene rings is 2. The molecule has 2 N–H and O–H groups in total. The third-order valence-corrected chi connectivity index (χ3v) is 5.17. The van der Waals surface area contributed by atoms with E-state index in [0.717, 1.165) is 33.3 Å². The van der Waals surface area contributed by atoms with E-state index in [1.807, 2.05) is 24.3 Å². The molecule has 0 amide bonds. The number of nitrogens with zero attached hydrogens (tertiary/aromatic N) is 1. The minimum atomic E-state index is -4.90. The van der Waals surface area contributed by atoms with Crippen LogP contribution in [0.2, 0.25) is 0 Å². The van der Waals surface area contributed by atoms with Crippen LogP contribution in [0.15, 0.2) is 52.5 Å². The maximum Gasteiger partial charge on any atom is 0.416 e. The van der Waals surface area contributed by atoms with E-state index in [2.05, 4.69) is 15.3 Å². The molecule has 0 aliphatic carbocycles. The van der Waals surface area contributed by atoms with Gasteiger partial charge in [0, 0.05) is 22.2 Å². The minimum absolute atomic E-state index is 0.0940. The number of aliphatic imine (C=N–C) groups is 1. The number of para-hydroxylation sites is 1. The second-order valence-corrected chi connectivity index (χ2v) is 7.12. The Hall–Kier alpha value is -2.62. The summed E-state index contributed by atoms with van der Waals surface area (Å²) >= 11 is 1.13. The number of hydrogen-bond acceptors (Lipinski definition) is 3. The van der Waals surface area contributed by atoms with Gasteiger partial charge in [-0.1, -0.05) is 18.2 Å². The summed E-state index contributed by atoms with van der Waals surface area (Å²) in [6, 6.07) is 8.90. The van der Waals surface area contributed by atoms with Gasteiger partial charge in [-0.15, -0.1) is 0 Å². The van der Waals surface area contributed by atoms with Crippen molar-refractivity contribution >= 4 is 33.5 Å². The smallest absolute Gasteiger partial charge is 0.349 e. The molecular weight excluding hydrogens is 404 g/mol. The minimum Gasteiger partial charge on any atom is -0.349 e. The van der Waals surface area contributed by atoms with Gasteiger partial charge in [-0.05, 0) is 36.0 Å². The summed E-state index contributed by atoms with van der Waals surface area (Å²) in [7, 11) is 0. The van der Waals surface area contributed by atoms with Crippen molar-refractivity contribution in [3.8, 4) is 0 Å². The van der Waals surface area contributed by atoms with E-state index in [1.165, 1.54) is 0 Å². The van der Waals surface area contributed by atoms with Gasteiger partial charge in [0.15, 0.2) is 5.17 Å².